The maximum Gasteiger partial charge on any atom is 0.485 e. The average molecular weight is 426 g/mol. The first-order valence-corrected chi connectivity index (χ1v) is 11.5. The fourth-order valence-corrected chi connectivity index (χ4v) is 2.76. The second-order valence-electron chi connectivity index (χ2n) is 6.93. The highest BCUT2D eigenvalue weighted by Gasteiger charge is 2.36. The topological polar surface area (TPSA) is 61.1 Å². The Hall–Kier alpha value is -1.15. The van der Waals surface area contributed by atoms with Gasteiger partial charge in [0, 0.05) is 18.1 Å². The van der Waals surface area contributed by atoms with Crippen molar-refractivity contribution in [3.8, 4) is 0 Å². The van der Waals surface area contributed by atoms with Crippen LogP contribution in [0.1, 0.15) is 83.6 Å². The Bertz CT molecular complexity index is 619. The number of halogens is 3. The molecule has 28 heavy (non-hydrogen) atoms. The van der Waals surface area contributed by atoms with Crippen LogP contribution in [-0.4, -0.2) is 18.5 Å². The summed E-state index contributed by atoms with van der Waals surface area (Å²) in [6, 6.07) is 4.44. The van der Waals surface area contributed by atoms with Crippen molar-refractivity contribution in [2.45, 2.75) is 96.5 Å². The molecule has 0 unspecified atom stereocenters. The molecule has 0 N–H and O–H groups in total. The predicted molar refractivity (Wildman–Crippen MR) is 104 cm³/mol. The molecule has 0 saturated carbocycles. The second kappa shape index (κ2) is 14.8. The summed E-state index contributed by atoms with van der Waals surface area (Å²) in [5.74, 6) is 0. The van der Waals surface area contributed by atoms with Crippen molar-refractivity contribution in [3.63, 3.8) is 0 Å². The first-order chi connectivity index (χ1) is 13.1. The lowest BCUT2D eigenvalue weighted by molar-refractivity contribution is -0.697. The summed E-state index contributed by atoms with van der Waals surface area (Å²) < 4.78 is 61.3. The summed E-state index contributed by atoms with van der Waals surface area (Å²) in [6.45, 7) is 5.72. The summed E-state index contributed by atoms with van der Waals surface area (Å²) >= 11 is 0. The first kappa shape index (κ1) is 26.9. The predicted octanol–water partition coefficient (Wildman–Crippen LogP) is 5.51. The molecule has 0 fully saturated rings. The van der Waals surface area contributed by atoms with Crippen molar-refractivity contribution in [2.75, 3.05) is 0 Å². The normalized spacial score (nSPS) is 11.8. The number of aromatic nitrogens is 1. The average Bonchev–Trinajstić information content (AvgIpc) is 2.60. The molecule has 1 aromatic heterocycles. The lowest BCUT2D eigenvalue weighted by Crippen LogP contribution is -2.33. The van der Waals surface area contributed by atoms with Crippen molar-refractivity contribution < 1.29 is 30.7 Å². The molecule has 1 rings (SSSR count). The summed E-state index contributed by atoms with van der Waals surface area (Å²) in [6.07, 6.45) is 19.7. The second-order valence-corrected chi connectivity index (χ2v) is 8.30. The number of rotatable bonds is 12. The Labute approximate surface area is 167 Å². The highest BCUT2D eigenvalue weighted by molar-refractivity contribution is 7.86. The van der Waals surface area contributed by atoms with Crippen LogP contribution >= 0.6 is 0 Å². The van der Waals surface area contributed by atoms with Crippen LogP contribution in [0, 0.1) is 0 Å². The third kappa shape index (κ3) is 13.9. The van der Waals surface area contributed by atoms with Crippen molar-refractivity contribution in [2.24, 2.45) is 0 Å². The van der Waals surface area contributed by atoms with Crippen LogP contribution in [0.15, 0.2) is 24.5 Å². The van der Waals surface area contributed by atoms with E-state index in [0.29, 0.717) is 0 Å². The maximum absolute atomic E-state index is 10.7. The van der Waals surface area contributed by atoms with Crippen LogP contribution in [0.5, 0.6) is 0 Å². The fraction of sp³-hybridized carbons (Fsp3) is 0.750. The van der Waals surface area contributed by atoms with E-state index < -0.39 is 15.6 Å². The Balaban J connectivity index is 0.000000769. The minimum Gasteiger partial charge on any atom is -0.741 e. The Morgan fingerprint density at radius 2 is 1.43 bits per heavy atom. The molecule has 0 aliphatic heterocycles. The number of hydrogen-bond donors (Lipinski definition) is 0. The summed E-state index contributed by atoms with van der Waals surface area (Å²) in [5.41, 5.74) is -4.17. The molecule has 0 saturated heterocycles. The standard InChI is InChI=1S/C19H34N.CHF3O3S/c1-3-5-6-7-8-9-10-11-12-16-20-17-13-15-19(18-20)14-4-2;2-1(3,4)8(5,6)7/h13,15,17-18H,3-12,14,16H2,1-2H3;(H,5,6,7)/q+1;/p-1. The minimum atomic E-state index is -6.09. The largest absolute Gasteiger partial charge is 0.741 e. The summed E-state index contributed by atoms with van der Waals surface area (Å²) in [5, 5.41) is 0. The lowest BCUT2D eigenvalue weighted by atomic mass is 10.1. The van der Waals surface area contributed by atoms with Crippen LogP contribution in [-0.2, 0) is 23.1 Å². The van der Waals surface area contributed by atoms with E-state index >= 15 is 0 Å². The molecular formula is C20H34F3NO3S. The number of aryl methyl sites for hydroxylation is 2. The van der Waals surface area contributed by atoms with Gasteiger partial charge in [-0.15, -0.1) is 0 Å². The van der Waals surface area contributed by atoms with Gasteiger partial charge in [-0.05, 0) is 18.9 Å². The van der Waals surface area contributed by atoms with Gasteiger partial charge in [0.05, 0.1) is 0 Å². The molecule has 0 bridgehead atoms. The molecule has 0 aromatic carbocycles. The quantitative estimate of drug-likeness (QED) is 0.192. The zero-order chi connectivity index (χ0) is 21.5. The zero-order valence-corrected chi connectivity index (χ0v) is 17.8. The van der Waals surface area contributed by atoms with Gasteiger partial charge in [0.2, 0.25) is 0 Å². The van der Waals surface area contributed by atoms with Crippen LogP contribution in [0.2, 0.25) is 0 Å². The molecule has 0 aliphatic rings. The Morgan fingerprint density at radius 1 is 0.929 bits per heavy atom. The molecule has 8 heteroatoms. The van der Waals surface area contributed by atoms with Gasteiger partial charge in [-0.25, -0.2) is 13.0 Å². The van der Waals surface area contributed by atoms with Gasteiger partial charge in [0.25, 0.3) is 0 Å². The monoisotopic (exact) mass is 425 g/mol. The number of unbranched alkanes of at least 4 members (excludes halogenated alkanes) is 8. The van der Waals surface area contributed by atoms with Gasteiger partial charge >= 0.3 is 5.51 Å². The van der Waals surface area contributed by atoms with Gasteiger partial charge in [0.15, 0.2) is 22.5 Å². The third-order valence-corrected chi connectivity index (χ3v) is 4.83. The van der Waals surface area contributed by atoms with E-state index in [-0.39, 0.29) is 0 Å². The molecule has 0 amide bonds. The molecule has 164 valence electrons. The van der Waals surface area contributed by atoms with Gasteiger partial charge in [-0.3, -0.25) is 0 Å². The lowest BCUT2D eigenvalue weighted by Gasteiger charge is -2.08. The van der Waals surface area contributed by atoms with Gasteiger partial charge in [-0.2, -0.15) is 13.2 Å². The van der Waals surface area contributed by atoms with E-state index in [2.05, 4.69) is 42.9 Å². The van der Waals surface area contributed by atoms with Crippen molar-refractivity contribution in [3.05, 3.63) is 30.1 Å². The highest BCUT2D eigenvalue weighted by Crippen LogP contribution is 2.20. The number of nitrogens with zero attached hydrogens (tertiary/aromatic N) is 1. The van der Waals surface area contributed by atoms with Crippen molar-refractivity contribution >= 4 is 10.1 Å². The molecule has 1 aromatic rings. The Kier molecular flexibility index (Phi) is 14.2. The van der Waals surface area contributed by atoms with Gasteiger partial charge in [-0.1, -0.05) is 65.2 Å². The van der Waals surface area contributed by atoms with Crippen molar-refractivity contribution in [1.82, 2.24) is 0 Å². The van der Waals surface area contributed by atoms with Crippen LogP contribution in [0.25, 0.3) is 0 Å². The SMILES string of the molecule is CCCCCCCCCCC[n+]1cccc(CCC)c1.O=S(=O)([O-])C(F)(F)F. The molecule has 0 aliphatic carbocycles. The van der Waals surface area contributed by atoms with E-state index in [9.17, 15) is 13.2 Å². The molecule has 0 spiro atoms. The Morgan fingerprint density at radius 3 is 1.89 bits per heavy atom. The van der Waals surface area contributed by atoms with Crippen molar-refractivity contribution in [1.29, 1.82) is 0 Å². The molecular weight excluding hydrogens is 391 g/mol. The molecule has 0 atom stereocenters. The van der Waals surface area contributed by atoms with E-state index in [0.717, 1.165) is 0 Å². The zero-order valence-electron chi connectivity index (χ0n) is 17.0. The summed E-state index contributed by atoms with van der Waals surface area (Å²) in [4.78, 5) is 0. The maximum atomic E-state index is 10.7. The minimum absolute atomic E-state index is 1.19. The van der Waals surface area contributed by atoms with Crippen LogP contribution < -0.4 is 4.57 Å². The van der Waals surface area contributed by atoms with Crippen LogP contribution in [0.4, 0.5) is 13.2 Å². The van der Waals surface area contributed by atoms with E-state index in [1.165, 1.54) is 82.7 Å². The van der Waals surface area contributed by atoms with E-state index in [1.54, 1.807) is 0 Å². The number of pyridine rings is 1. The first-order valence-electron chi connectivity index (χ1n) is 10.1. The van der Waals surface area contributed by atoms with E-state index in [1.807, 2.05) is 0 Å². The van der Waals surface area contributed by atoms with Gasteiger partial charge < -0.3 is 4.55 Å². The third-order valence-electron chi connectivity index (χ3n) is 4.26. The fourth-order valence-electron chi connectivity index (χ4n) is 2.76. The molecule has 0 radical (unpaired) electrons. The summed E-state index contributed by atoms with van der Waals surface area (Å²) in [7, 11) is -6.09. The van der Waals surface area contributed by atoms with E-state index in [4.69, 9.17) is 13.0 Å². The smallest absolute Gasteiger partial charge is 0.485 e. The molecule has 4 nitrogen and oxygen atoms in total. The number of alkyl halides is 3. The van der Waals surface area contributed by atoms with Crippen LogP contribution in [0.3, 0.4) is 0 Å². The highest BCUT2D eigenvalue weighted by atomic mass is 32.2. The molecule has 1 heterocycles. The number of hydrogen-bond acceptors (Lipinski definition) is 3. The van der Waals surface area contributed by atoms with Gasteiger partial charge in [0.1, 0.15) is 6.54 Å².